The fourth-order valence-electron chi connectivity index (χ4n) is 3.15. The van der Waals surface area contributed by atoms with Crippen molar-refractivity contribution < 1.29 is 14.4 Å². The highest BCUT2D eigenvalue weighted by Crippen LogP contribution is 2.35. The predicted molar refractivity (Wildman–Crippen MR) is 83.6 cm³/mol. The molecule has 2 aliphatic rings. The Bertz CT molecular complexity index is 579. The molecule has 3 rings (SSSR count). The molecule has 4 amide bonds. The third-order valence-electron chi connectivity index (χ3n) is 4.29. The number of thiophene rings is 1. The van der Waals surface area contributed by atoms with Gasteiger partial charge in [0.15, 0.2) is 0 Å². The van der Waals surface area contributed by atoms with E-state index in [2.05, 4.69) is 10.6 Å². The van der Waals surface area contributed by atoms with Crippen molar-refractivity contribution in [3.63, 3.8) is 0 Å². The highest BCUT2D eigenvalue weighted by Gasteiger charge is 2.51. The summed E-state index contributed by atoms with van der Waals surface area (Å²) in [6.07, 6.45) is 4.18. The van der Waals surface area contributed by atoms with E-state index in [1.165, 1.54) is 16.2 Å². The zero-order valence-electron chi connectivity index (χ0n) is 12.3. The van der Waals surface area contributed by atoms with Gasteiger partial charge < -0.3 is 10.6 Å². The van der Waals surface area contributed by atoms with E-state index in [-0.39, 0.29) is 17.8 Å². The minimum atomic E-state index is -0.657. The monoisotopic (exact) mass is 321 g/mol. The molecular formula is C15H19N3O3S. The van der Waals surface area contributed by atoms with Crippen molar-refractivity contribution in [2.24, 2.45) is 0 Å². The lowest BCUT2D eigenvalue weighted by atomic mass is 9.98. The first kappa shape index (κ1) is 15.0. The van der Waals surface area contributed by atoms with Gasteiger partial charge in [-0.05, 0) is 30.7 Å². The molecule has 1 aliphatic heterocycles. The number of imide groups is 1. The second-order valence-electron chi connectivity index (χ2n) is 5.84. The second-order valence-corrected chi connectivity index (χ2v) is 6.62. The van der Waals surface area contributed by atoms with Gasteiger partial charge in [-0.1, -0.05) is 12.8 Å². The van der Waals surface area contributed by atoms with Crippen molar-refractivity contribution in [1.29, 1.82) is 0 Å². The van der Waals surface area contributed by atoms with Gasteiger partial charge >= 0.3 is 6.03 Å². The number of amides is 4. The van der Waals surface area contributed by atoms with E-state index in [0.717, 1.165) is 31.4 Å². The standard InChI is InChI=1S/C15H19N3O3S/c19-12(16-11-5-9-22-10-11)4-3-8-18-13(20)15(17-14(18)21)6-1-2-7-15/h5,9-10H,1-4,6-8H2,(H,16,19)(H,17,21). The number of carbonyl (C=O) groups excluding carboxylic acids is 3. The van der Waals surface area contributed by atoms with E-state index < -0.39 is 5.54 Å². The van der Waals surface area contributed by atoms with E-state index in [1.54, 1.807) is 0 Å². The van der Waals surface area contributed by atoms with E-state index in [0.29, 0.717) is 19.4 Å². The van der Waals surface area contributed by atoms with Gasteiger partial charge in [0.1, 0.15) is 5.54 Å². The average molecular weight is 321 g/mol. The van der Waals surface area contributed by atoms with Crippen molar-refractivity contribution in [3.05, 3.63) is 16.8 Å². The Morgan fingerprint density at radius 1 is 1.36 bits per heavy atom. The van der Waals surface area contributed by atoms with Crippen LogP contribution in [0.3, 0.4) is 0 Å². The van der Waals surface area contributed by atoms with Gasteiger partial charge in [-0.3, -0.25) is 14.5 Å². The number of carbonyl (C=O) groups is 3. The minimum absolute atomic E-state index is 0.0963. The van der Waals surface area contributed by atoms with Crippen LogP contribution in [0.25, 0.3) is 0 Å². The summed E-state index contributed by atoms with van der Waals surface area (Å²) in [5.74, 6) is -0.214. The highest BCUT2D eigenvalue weighted by molar-refractivity contribution is 7.08. The van der Waals surface area contributed by atoms with Crippen molar-refractivity contribution >= 4 is 34.9 Å². The summed E-state index contributed by atoms with van der Waals surface area (Å²) in [5.41, 5.74) is 0.130. The van der Waals surface area contributed by atoms with Crippen LogP contribution in [0, 0.1) is 0 Å². The first-order chi connectivity index (χ1) is 10.6. The van der Waals surface area contributed by atoms with Gasteiger partial charge in [-0.15, -0.1) is 0 Å². The van der Waals surface area contributed by atoms with Crippen LogP contribution in [0.2, 0.25) is 0 Å². The summed E-state index contributed by atoms with van der Waals surface area (Å²) in [5, 5.41) is 9.38. The van der Waals surface area contributed by atoms with E-state index in [9.17, 15) is 14.4 Å². The molecule has 1 saturated heterocycles. The molecule has 6 nitrogen and oxygen atoms in total. The Morgan fingerprint density at radius 3 is 2.82 bits per heavy atom. The van der Waals surface area contributed by atoms with Crippen LogP contribution in [0.1, 0.15) is 38.5 Å². The largest absolute Gasteiger partial charge is 0.325 e. The van der Waals surface area contributed by atoms with Crippen LogP contribution in [0.5, 0.6) is 0 Å². The van der Waals surface area contributed by atoms with Crippen LogP contribution < -0.4 is 10.6 Å². The molecule has 1 aliphatic carbocycles. The first-order valence-corrected chi connectivity index (χ1v) is 8.51. The Hall–Kier alpha value is -1.89. The summed E-state index contributed by atoms with van der Waals surface area (Å²) < 4.78 is 0. The van der Waals surface area contributed by atoms with Crippen molar-refractivity contribution in [2.45, 2.75) is 44.1 Å². The predicted octanol–water partition coefficient (Wildman–Crippen LogP) is 2.33. The molecule has 0 unspecified atom stereocenters. The van der Waals surface area contributed by atoms with E-state index in [4.69, 9.17) is 0 Å². The Balaban J connectivity index is 1.48. The Kier molecular flexibility index (Phi) is 4.15. The Morgan fingerprint density at radius 2 is 2.14 bits per heavy atom. The summed E-state index contributed by atoms with van der Waals surface area (Å²) in [7, 11) is 0. The molecule has 1 aromatic heterocycles. The minimum Gasteiger partial charge on any atom is -0.325 e. The summed E-state index contributed by atoms with van der Waals surface area (Å²) >= 11 is 1.52. The maximum Gasteiger partial charge on any atom is 0.325 e. The molecule has 2 N–H and O–H groups in total. The summed E-state index contributed by atoms with van der Waals surface area (Å²) in [4.78, 5) is 37.4. The lowest BCUT2D eigenvalue weighted by Crippen LogP contribution is -2.44. The van der Waals surface area contributed by atoms with Crippen molar-refractivity contribution in [3.8, 4) is 0 Å². The number of urea groups is 1. The van der Waals surface area contributed by atoms with E-state index in [1.807, 2.05) is 16.8 Å². The second kappa shape index (κ2) is 6.08. The topological polar surface area (TPSA) is 78.5 Å². The maximum absolute atomic E-state index is 12.4. The molecule has 7 heteroatoms. The number of hydrogen-bond donors (Lipinski definition) is 2. The van der Waals surface area contributed by atoms with Crippen molar-refractivity contribution in [2.75, 3.05) is 11.9 Å². The molecular weight excluding hydrogens is 302 g/mol. The van der Waals surface area contributed by atoms with Crippen molar-refractivity contribution in [1.82, 2.24) is 10.2 Å². The molecule has 0 bridgehead atoms. The number of anilines is 1. The Labute approximate surface area is 132 Å². The number of hydrogen-bond acceptors (Lipinski definition) is 4. The molecule has 1 aromatic rings. The molecule has 1 saturated carbocycles. The molecule has 0 radical (unpaired) electrons. The fraction of sp³-hybridized carbons (Fsp3) is 0.533. The van der Waals surface area contributed by atoms with Gasteiger partial charge in [-0.2, -0.15) is 11.3 Å². The highest BCUT2D eigenvalue weighted by atomic mass is 32.1. The zero-order valence-corrected chi connectivity index (χ0v) is 13.1. The van der Waals surface area contributed by atoms with Gasteiger partial charge in [0.2, 0.25) is 5.91 Å². The summed E-state index contributed by atoms with van der Waals surface area (Å²) in [6, 6.07) is 1.52. The maximum atomic E-state index is 12.4. The van der Waals surface area contributed by atoms with Gasteiger partial charge in [0.05, 0.1) is 5.69 Å². The third kappa shape index (κ3) is 2.85. The van der Waals surface area contributed by atoms with E-state index >= 15 is 0 Å². The molecule has 1 spiro atoms. The molecule has 2 fully saturated rings. The van der Waals surface area contributed by atoms with Gasteiger partial charge in [0, 0.05) is 18.3 Å². The number of nitrogens with one attached hydrogen (secondary N) is 2. The SMILES string of the molecule is O=C(CCCN1C(=O)NC2(CCCC2)C1=O)Nc1ccsc1. The van der Waals surface area contributed by atoms with Crippen LogP contribution in [0.15, 0.2) is 16.8 Å². The fourth-order valence-corrected chi connectivity index (χ4v) is 3.74. The first-order valence-electron chi connectivity index (χ1n) is 7.57. The molecule has 2 heterocycles. The number of rotatable bonds is 5. The molecule has 22 heavy (non-hydrogen) atoms. The molecule has 118 valence electrons. The smallest absolute Gasteiger partial charge is 0.325 e. The molecule has 0 atom stereocenters. The lowest BCUT2D eigenvalue weighted by Gasteiger charge is -2.19. The zero-order chi connectivity index (χ0) is 15.6. The lowest BCUT2D eigenvalue weighted by molar-refractivity contribution is -0.131. The average Bonchev–Trinajstić information content (AvgIpc) is 3.18. The third-order valence-corrected chi connectivity index (χ3v) is 4.98. The molecule has 0 aromatic carbocycles. The summed E-state index contributed by atoms with van der Waals surface area (Å²) in [6.45, 7) is 0.295. The quantitative estimate of drug-likeness (QED) is 0.817. The van der Waals surface area contributed by atoms with Crippen LogP contribution in [-0.4, -0.2) is 34.8 Å². The van der Waals surface area contributed by atoms with Crippen LogP contribution in [0.4, 0.5) is 10.5 Å². The van der Waals surface area contributed by atoms with Gasteiger partial charge in [-0.25, -0.2) is 4.79 Å². The number of nitrogens with zero attached hydrogens (tertiary/aromatic N) is 1. The normalized spacial score (nSPS) is 19.7. The van der Waals surface area contributed by atoms with Crippen LogP contribution >= 0.6 is 11.3 Å². The van der Waals surface area contributed by atoms with Gasteiger partial charge in [0.25, 0.3) is 5.91 Å². The van der Waals surface area contributed by atoms with Crippen LogP contribution in [-0.2, 0) is 9.59 Å².